The van der Waals surface area contributed by atoms with Gasteiger partial charge in [0.2, 0.25) is 5.91 Å². The summed E-state index contributed by atoms with van der Waals surface area (Å²) in [5.41, 5.74) is 2.07. The van der Waals surface area contributed by atoms with E-state index in [1.807, 2.05) is 29.8 Å². The molecule has 1 saturated heterocycles. The van der Waals surface area contributed by atoms with E-state index >= 15 is 0 Å². The van der Waals surface area contributed by atoms with E-state index in [9.17, 15) is 9.59 Å². The van der Waals surface area contributed by atoms with Gasteiger partial charge in [-0.2, -0.15) is 5.10 Å². The van der Waals surface area contributed by atoms with Gasteiger partial charge in [-0.1, -0.05) is 12.1 Å². The monoisotopic (exact) mass is 302 g/mol. The lowest BCUT2D eigenvalue weighted by molar-refractivity contribution is -0.120. The third-order valence-corrected chi connectivity index (χ3v) is 3.77. The highest BCUT2D eigenvalue weighted by atomic mass is 16.5. The number of urea groups is 1. The number of carbonyl (C=O) groups excluding carboxylic acids is 2. The average molecular weight is 302 g/mol. The molecule has 0 spiro atoms. The van der Waals surface area contributed by atoms with Crippen molar-refractivity contribution in [1.29, 1.82) is 0 Å². The summed E-state index contributed by atoms with van der Waals surface area (Å²) < 4.78 is 6.98. The van der Waals surface area contributed by atoms with Crippen LogP contribution in [-0.2, 0) is 16.1 Å². The van der Waals surface area contributed by atoms with Gasteiger partial charge >= 0.3 is 6.03 Å². The summed E-state index contributed by atoms with van der Waals surface area (Å²) in [5, 5.41) is 7.81. The zero-order valence-electron chi connectivity index (χ0n) is 12.6. The largest absolute Gasteiger partial charge is 0.383 e. The molecule has 116 valence electrons. The van der Waals surface area contributed by atoms with E-state index in [1.165, 1.54) is 4.90 Å². The second kappa shape index (κ2) is 5.76. The number of para-hydroxylation sites is 1. The standard InChI is InChI=1S/C15H18N4O3/c1-10-4-3-5-11-13(10)19(8-9-22-2)17-14(11)18-7-6-12(20)16-15(18)21/h3-5H,6-9H2,1-2H3,(H,16,20,21). The molecule has 0 saturated carbocycles. The Kier molecular flexibility index (Phi) is 3.81. The van der Waals surface area contributed by atoms with Crippen molar-refractivity contribution in [3.63, 3.8) is 0 Å². The van der Waals surface area contributed by atoms with Crippen molar-refractivity contribution in [3.8, 4) is 0 Å². The van der Waals surface area contributed by atoms with E-state index in [0.717, 1.165) is 16.5 Å². The molecular formula is C15H18N4O3. The number of fused-ring (bicyclic) bond motifs is 1. The number of anilines is 1. The smallest absolute Gasteiger partial charge is 0.329 e. The summed E-state index contributed by atoms with van der Waals surface area (Å²) in [6.07, 6.45) is 0.282. The van der Waals surface area contributed by atoms with Crippen LogP contribution in [0.1, 0.15) is 12.0 Å². The van der Waals surface area contributed by atoms with Crippen molar-refractivity contribution in [1.82, 2.24) is 15.1 Å². The number of amides is 3. The second-order valence-corrected chi connectivity index (χ2v) is 5.27. The van der Waals surface area contributed by atoms with Gasteiger partial charge in [0.15, 0.2) is 5.82 Å². The van der Waals surface area contributed by atoms with Gasteiger partial charge in [-0.05, 0) is 18.6 Å². The van der Waals surface area contributed by atoms with Crippen molar-refractivity contribution in [2.24, 2.45) is 0 Å². The first-order chi connectivity index (χ1) is 10.6. The van der Waals surface area contributed by atoms with Gasteiger partial charge in [0.25, 0.3) is 0 Å². The Labute approximate surface area is 127 Å². The molecule has 22 heavy (non-hydrogen) atoms. The zero-order chi connectivity index (χ0) is 15.7. The molecule has 7 nitrogen and oxygen atoms in total. The molecular weight excluding hydrogens is 284 g/mol. The molecule has 1 fully saturated rings. The van der Waals surface area contributed by atoms with E-state index in [4.69, 9.17) is 4.74 Å². The molecule has 1 aliphatic heterocycles. The van der Waals surface area contributed by atoms with Crippen molar-refractivity contribution < 1.29 is 14.3 Å². The lowest BCUT2D eigenvalue weighted by Crippen LogP contribution is -2.49. The number of hydrogen-bond acceptors (Lipinski definition) is 4. The lowest BCUT2D eigenvalue weighted by Gasteiger charge is -2.24. The minimum absolute atomic E-state index is 0.249. The number of ether oxygens (including phenoxy) is 1. The molecule has 0 aliphatic carbocycles. The fourth-order valence-electron chi connectivity index (χ4n) is 2.71. The first-order valence-corrected chi connectivity index (χ1v) is 7.18. The molecule has 0 radical (unpaired) electrons. The van der Waals surface area contributed by atoms with Gasteiger partial charge in [-0.25, -0.2) is 4.79 Å². The predicted molar refractivity (Wildman–Crippen MR) is 81.8 cm³/mol. The molecule has 0 atom stereocenters. The molecule has 2 heterocycles. The molecule has 1 aromatic carbocycles. The quantitative estimate of drug-likeness (QED) is 0.927. The summed E-state index contributed by atoms with van der Waals surface area (Å²) >= 11 is 0. The maximum atomic E-state index is 12.1. The number of carbonyl (C=O) groups is 2. The number of nitrogens with one attached hydrogen (secondary N) is 1. The van der Waals surface area contributed by atoms with Crippen LogP contribution in [0.25, 0.3) is 10.9 Å². The normalized spacial score (nSPS) is 15.5. The van der Waals surface area contributed by atoms with Crippen LogP contribution >= 0.6 is 0 Å². The molecule has 1 aliphatic rings. The Morgan fingerprint density at radius 3 is 2.91 bits per heavy atom. The van der Waals surface area contributed by atoms with Gasteiger partial charge in [-0.15, -0.1) is 0 Å². The minimum atomic E-state index is -0.420. The molecule has 0 bridgehead atoms. The molecule has 3 rings (SSSR count). The maximum Gasteiger partial charge on any atom is 0.329 e. The van der Waals surface area contributed by atoms with Gasteiger partial charge < -0.3 is 4.74 Å². The third kappa shape index (κ3) is 2.43. The number of rotatable bonds is 4. The average Bonchev–Trinajstić information content (AvgIpc) is 2.85. The Morgan fingerprint density at radius 2 is 2.18 bits per heavy atom. The van der Waals surface area contributed by atoms with Crippen LogP contribution in [0.3, 0.4) is 0 Å². The Balaban J connectivity index is 2.08. The van der Waals surface area contributed by atoms with Crippen molar-refractivity contribution >= 4 is 28.7 Å². The van der Waals surface area contributed by atoms with Crippen molar-refractivity contribution in [3.05, 3.63) is 23.8 Å². The van der Waals surface area contributed by atoms with Gasteiger partial charge in [-0.3, -0.25) is 19.7 Å². The number of aromatic nitrogens is 2. The molecule has 3 amide bonds. The Morgan fingerprint density at radius 1 is 1.36 bits per heavy atom. The number of benzene rings is 1. The molecule has 1 N–H and O–H groups in total. The van der Waals surface area contributed by atoms with E-state index in [0.29, 0.717) is 25.5 Å². The molecule has 7 heteroatoms. The van der Waals surface area contributed by atoms with Gasteiger partial charge in [0.1, 0.15) is 0 Å². The van der Waals surface area contributed by atoms with E-state index in [2.05, 4.69) is 10.4 Å². The predicted octanol–water partition coefficient (Wildman–Crippen LogP) is 1.44. The summed E-state index contributed by atoms with van der Waals surface area (Å²) in [4.78, 5) is 24.9. The molecule has 0 unspecified atom stereocenters. The Hall–Kier alpha value is -2.41. The minimum Gasteiger partial charge on any atom is -0.383 e. The van der Waals surface area contributed by atoms with Gasteiger partial charge in [0.05, 0.1) is 18.7 Å². The summed E-state index contributed by atoms with van der Waals surface area (Å²) in [7, 11) is 1.64. The third-order valence-electron chi connectivity index (χ3n) is 3.77. The number of aryl methyl sites for hydroxylation is 1. The highest BCUT2D eigenvalue weighted by Crippen LogP contribution is 2.29. The highest BCUT2D eigenvalue weighted by Gasteiger charge is 2.28. The van der Waals surface area contributed by atoms with Crippen molar-refractivity contribution in [2.45, 2.75) is 19.9 Å². The summed E-state index contributed by atoms with van der Waals surface area (Å²) in [6.45, 7) is 3.49. The van der Waals surface area contributed by atoms with Crippen LogP contribution < -0.4 is 10.2 Å². The van der Waals surface area contributed by atoms with Crippen LogP contribution in [0.4, 0.5) is 10.6 Å². The van der Waals surface area contributed by atoms with Crippen LogP contribution in [-0.4, -0.2) is 42.0 Å². The lowest BCUT2D eigenvalue weighted by atomic mass is 10.1. The maximum absolute atomic E-state index is 12.1. The summed E-state index contributed by atoms with van der Waals surface area (Å²) in [5.74, 6) is 0.334. The van der Waals surface area contributed by atoms with E-state index in [1.54, 1.807) is 7.11 Å². The summed E-state index contributed by atoms with van der Waals surface area (Å²) in [6, 6.07) is 5.47. The number of hydrogen-bond donors (Lipinski definition) is 1. The number of methoxy groups -OCH3 is 1. The second-order valence-electron chi connectivity index (χ2n) is 5.27. The topological polar surface area (TPSA) is 76.5 Å². The van der Waals surface area contributed by atoms with E-state index < -0.39 is 6.03 Å². The molecule has 2 aromatic rings. The number of nitrogens with zero attached hydrogens (tertiary/aromatic N) is 3. The van der Waals surface area contributed by atoms with Crippen LogP contribution in [0.15, 0.2) is 18.2 Å². The SMILES string of the molecule is COCCn1nc(N2CCC(=O)NC2=O)c2cccc(C)c21. The number of imide groups is 1. The van der Waals surface area contributed by atoms with Crippen molar-refractivity contribution in [2.75, 3.05) is 25.2 Å². The zero-order valence-corrected chi connectivity index (χ0v) is 12.6. The fraction of sp³-hybridized carbons (Fsp3) is 0.400. The van der Waals surface area contributed by atoms with E-state index in [-0.39, 0.29) is 12.3 Å². The fourth-order valence-corrected chi connectivity index (χ4v) is 2.71. The van der Waals surface area contributed by atoms with Crippen LogP contribution in [0.5, 0.6) is 0 Å². The van der Waals surface area contributed by atoms with Crippen LogP contribution in [0, 0.1) is 6.92 Å². The molecule has 1 aromatic heterocycles. The van der Waals surface area contributed by atoms with Gasteiger partial charge in [0, 0.05) is 25.5 Å². The first-order valence-electron chi connectivity index (χ1n) is 7.18. The first kappa shape index (κ1) is 14.5. The highest BCUT2D eigenvalue weighted by molar-refractivity contribution is 6.09. The van der Waals surface area contributed by atoms with Crippen LogP contribution in [0.2, 0.25) is 0 Å². The Bertz CT molecular complexity index is 738.